The summed E-state index contributed by atoms with van der Waals surface area (Å²) in [5, 5.41) is 3.59. The van der Waals surface area contributed by atoms with Gasteiger partial charge in [-0.05, 0) is 48.2 Å². The van der Waals surface area contributed by atoms with E-state index in [1.54, 1.807) is 17.0 Å². The molecule has 4 nitrogen and oxygen atoms in total. The van der Waals surface area contributed by atoms with Crippen LogP contribution >= 0.6 is 11.6 Å². The molecule has 1 aliphatic heterocycles. The van der Waals surface area contributed by atoms with E-state index in [1.165, 1.54) is 12.1 Å². The molecule has 2 aromatic rings. The third-order valence-corrected chi connectivity index (χ3v) is 4.78. The number of likely N-dealkylation sites (tertiary alicyclic amines) is 1. The number of carbonyl (C=O) groups is 2. The molecule has 1 aliphatic rings. The minimum Gasteiger partial charge on any atom is -0.354 e. The lowest BCUT2D eigenvalue weighted by Gasteiger charge is -2.24. The number of carbonyl (C=O) groups excluding carboxylic acids is 2. The van der Waals surface area contributed by atoms with Crippen molar-refractivity contribution in [1.82, 2.24) is 10.2 Å². The molecule has 0 spiro atoms. The maximum atomic E-state index is 13.0. The Balaban J connectivity index is 1.55. The number of benzene rings is 2. The summed E-state index contributed by atoms with van der Waals surface area (Å²) in [6.07, 6.45) is 1.56. The van der Waals surface area contributed by atoms with Crippen LogP contribution in [-0.2, 0) is 22.6 Å². The first-order chi connectivity index (χ1) is 12.5. The quantitative estimate of drug-likeness (QED) is 0.843. The normalized spacial score (nSPS) is 16.8. The van der Waals surface area contributed by atoms with Crippen molar-refractivity contribution in [3.8, 4) is 0 Å². The Morgan fingerprint density at radius 2 is 1.77 bits per heavy atom. The molecule has 0 saturated carbocycles. The molecule has 0 radical (unpaired) electrons. The van der Waals surface area contributed by atoms with Crippen LogP contribution in [0.2, 0.25) is 5.02 Å². The van der Waals surface area contributed by atoms with Crippen LogP contribution in [0, 0.1) is 5.82 Å². The first kappa shape index (κ1) is 18.4. The van der Waals surface area contributed by atoms with Crippen molar-refractivity contribution in [2.24, 2.45) is 0 Å². The van der Waals surface area contributed by atoms with Crippen LogP contribution in [0.15, 0.2) is 48.5 Å². The third-order valence-electron chi connectivity index (χ3n) is 4.52. The molecule has 1 saturated heterocycles. The van der Waals surface area contributed by atoms with Gasteiger partial charge in [0.1, 0.15) is 11.9 Å². The zero-order valence-electron chi connectivity index (χ0n) is 14.3. The maximum Gasteiger partial charge on any atom is 0.242 e. The fourth-order valence-corrected chi connectivity index (χ4v) is 3.22. The summed E-state index contributed by atoms with van der Waals surface area (Å²) in [5.74, 6) is -0.517. The number of nitrogens with one attached hydrogen (secondary N) is 1. The van der Waals surface area contributed by atoms with Crippen molar-refractivity contribution in [3.63, 3.8) is 0 Å². The van der Waals surface area contributed by atoms with E-state index >= 15 is 0 Å². The number of hydrogen-bond acceptors (Lipinski definition) is 2. The van der Waals surface area contributed by atoms with E-state index in [0.29, 0.717) is 37.4 Å². The van der Waals surface area contributed by atoms with Gasteiger partial charge >= 0.3 is 0 Å². The van der Waals surface area contributed by atoms with Gasteiger partial charge in [0.25, 0.3) is 0 Å². The Labute approximate surface area is 157 Å². The van der Waals surface area contributed by atoms with Gasteiger partial charge in [-0.2, -0.15) is 0 Å². The second-order valence-electron chi connectivity index (χ2n) is 6.37. The molecular formula is C20H20ClFN2O2. The molecule has 1 heterocycles. The Bertz CT molecular complexity index is 777. The van der Waals surface area contributed by atoms with Gasteiger partial charge in [-0.25, -0.2) is 4.39 Å². The average molecular weight is 375 g/mol. The largest absolute Gasteiger partial charge is 0.354 e. The van der Waals surface area contributed by atoms with Crippen molar-refractivity contribution < 1.29 is 14.0 Å². The number of hydrogen-bond donors (Lipinski definition) is 1. The van der Waals surface area contributed by atoms with Crippen LogP contribution < -0.4 is 5.32 Å². The van der Waals surface area contributed by atoms with Gasteiger partial charge in [-0.15, -0.1) is 0 Å². The lowest BCUT2D eigenvalue weighted by molar-refractivity contribution is -0.135. The lowest BCUT2D eigenvalue weighted by Crippen LogP contribution is -2.44. The summed E-state index contributed by atoms with van der Waals surface area (Å²) in [4.78, 5) is 26.2. The molecule has 1 fully saturated rings. The Morgan fingerprint density at radius 1 is 1.12 bits per heavy atom. The predicted octanol–water partition coefficient (Wildman–Crippen LogP) is 3.33. The van der Waals surface area contributed by atoms with Crippen molar-refractivity contribution in [2.45, 2.75) is 31.8 Å². The molecule has 1 N–H and O–H groups in total. The molecule has 1 atom stereocenters. The van der Waals surface area contributed by atoms with Crippen molar-refractivity contribution >= 4 is 23.4 Å². The fraction of sp³-hybridized carbons (Fsp3) is 0.300. The van der Waals surface area contributed by atoms with E-state index in [0.717, 1.165) is 11.1 Å². The highest BCUT2D eigenvalue weighted by molar-refractivity contribution is 6.30. The van der Waals surface area contributed by atoms with Crippen LogP contribution in [0.4, 0.5) is 4.39 Å². The molecule has 3 rings (SSSR count). The summed E-state index contributed by atoms with van der Waals surface area (Å²) < 4.78 is 13.0. The monoisotopic (exact) mass is 374 g/mol. The molecule has 136 valence electrons. The predicted molar refractivity (Wildman–Crippen MR) is 98.1 cm³/mol. The highest BCUT2D eigenvalue weighted by Gasteiger charge is 2.35. The smallest absolute Gasteiger partial charge is 0.242 e. The number of halogens is 2. The van der Waals surface area contributed by atoms with Gasteiger partial charge in [0.2, 0.25) is 11.8 Å². The van der Waals surface area contributed by atoms with Crippen molar-refractivity contribution in [1.29, 1.82) is 0 Å². The summed E-state index contributed by atoms with van der Waals surface area (Å²) in [6.45, 7) is 0.809. The maximum absolute atomic E-state index is 13.0. The SMILES string of the molecule is O=C(NCCc1ccc(Cl)cc1)[C@@H]1CCC(=O)N1Cc1ccc(F)cc1. The number of rotatable bonds is 6. The second kappa shape index (κ2) is 8.32. The fourth-order valence-electron chi connectivity index (χ4n) is 3.09. The van der Waals surface area contributed by atoms with Crippen molar-refractivity contribution in [3.05, 3.63) is 70.5 Å². The molecule has 2 amide bonds. The molecule has 0 aromatic heterocycles. The molecule has 26 heavy (non-hydrogen) atoms. The Kier molecular flexibility index (Phi) is 5.89. The van der Waals surface area contributed by atoms with Crippen LogP contribution in [0.5, 0.6) is 0 Å². The zero-order valence-corrected chi connectivity index (χ0v) is 15.0. The number of amides is 2. The van der Waals surface area contributed by atoms with Crippen LogP contribution in [0.1, 0.15) is 24.0 Å². The molecule has 2 aromatic carbocycles. The van der Waals surface area contributed by atoms with Gasteiger partial charge in [0, 0.05) is 24.5 Å². The second-order valence-corrected chi connectivity index (χ2v) is 6.81. The molecular weight excluding hydrogens is 355 g/mol. The van der Waals surface area contributed by atoms with E-state index in [9.17, 15) is 14.0 Å². The summed E-state index contributed by atoms with van der Waals surface area (Å²) in [6, 6.07) is 13.0. The average Bonchev–Trinajstić information content (AvgIpc) is 2.99. The van der Waals surface area contributed by atoms with Crippen LogP contribution in [-0.4, -0.2) is 29.3 Å². The molecule has 0 aliphatic carbocycles. The highest BCUT2D eigenvalue weighted by Crippen LogP contribution is 2.22. The van der Waals surface area contributed by atoms with E-state index in [-0.39, 0.29) is 17.6 Å². The summed E-state index contributed by atoms with van der Waals surface area (Å²) in [5.41, 5.74) is 1.89. The minimum absolute atomic E-state index is 0.0489. The molecule has 0 unspecified atom stereocenters. The standard InChI is InChI=1S/C20H20ClFN2O2/c21-16-5-1-14(2-6-16)11-12-23-20(26)18-9-10-19(25)24(18)13-15-3-7-17(22)8-4-15/h1-8,18H,9-13H2,(H,23,26)/t18-/m0/s1. The first-order valence-corrected chi connectivity index (χ1v) is 8.97. The van der Waals surface area contributed by atoms with E-state index in [4.69, 9.17) is 11.6 Å². The number of nitrogens with zero attached hydrogens (tertiary/aromatic N) is 1. The van der Waals surface area contributed by atoms with E-state index < -0.39 is 6.04 Å². The zero-order chi connectivity index (χ0) is 18.5. The van der Waals surface area contributed by atoms with Gasteiger partial charge < -0.3 is 10.2 Å². The van der Waals surface area contributed by atoms with E-state index in [1.807, 2.05) is 24.3 Å². The minimum atomic E-state index is -0.474. The van der Waals surface area contributed by atoms with Crippen LogP contribution in [0.25, 0.3) is 0 Å². The van der Waals surface area contributed by atoms with E-state index in [2.05, 4.69) is 5.32 Å². The highest BCUT2D eigenvalue weighted by atomic mass is 35.5. The Hall–Kier alpha value is -2.40. The van der Waals surface area contributed by atoms with Gasteiger partial charge in [-0.1, -0.05) is 35.9 Å². The molecule has 0 bridgehead atoms. The van der Waals surface area contributed by atoms with Gasteiger partial charge in [-0.3, -0.25) is 9.59 Å². The van der Waals surface area contributed by atoms with Gasteiger partial charge in [0.15, 0.2) is 0 Å². The summed E-state index contributed by atoms with van der Waals surface area (Å²) in [7, 11) is 0. The van der Waals surface area contributed by atoms with Gasteiger partial charge in [0.05, 0.1) is 0 Å². The topological polar surface area (TPSA) is 49.4 Å². The summed E-state index contributed by atoms with van der Waals surface area (Å²) >= 11 is 5.86. The molecule has 6 heteroatoms. The first-order valence-electron chi connectivity index (χ1n) is 8.59. The lowest BCUT2D eigenvalue weighted by atomic mass is 10.1. The van der Waals surface area contributed by atoms with Crippen molar-refractivity contribution in [2.75, 3.05) is 6.54 Å². The third kappa shape index (κ3) is 4.61. The van der Waals surface area contributed by atoms with Crippen LogP contribution in [0.3, 0.4) is 0 Å². The Morgan fingerprint density at radius 3 is 2.46 bits per heavy atom.